The normalized spacial score (nSPS) is 25.2. The first kappa shape index (κ1) is 22.0. The van der Waals surface area contributed by atoms with Gasteiger partial charge in [0.15, 0.2) is 0 Å². The minimum atomic E-state index is 0.321. The third kappa shape index (κ3) is 4.01. The summed E-state index contributed by atoms with van der Waals surface area (Å²) in [6.45, 7) is 2.55. The van der Waals surface area contributed by atoms with Gasteiger partial charge in [-0.15, -0.1) is 0 Å². The van der Waals surface area contributed by atoms with Gasteiger partial charge in [-0.1, -0.05) is 79.7 Å². The Bertz CT molecular complexity index is 1150. The third-order valence-electron chi connectivity index (χ3n) is 8.59. The summed E-state index contributed by atoms with van der Waals surface area (Å²) in [5.74, 6) is 0.732. The molecular weight excluding hydrogens is 424 g/mol. The highest BCUT2D eigenvalue weighted by atomic mass is 15.2. The van der Waals surface area contributed by atoms with Crippen molar-refractivity contribution in [1.29, 1.82) is 0 Å². The van der Waals surface area contributed by atoms with E-state index in [-0.39, 0.29) is 0 Å². The lowest BCUT2D eigenvalue weighted by atomic mass is 9.50. The van der Waals surface area contributed by atoms with Crippen LogP contribution in [-0.4, -0.2) is 12.1 Å². The lowest BCUT2D eigenvalue weighted by molar-refractivity contribution is -0.0280. The summed E-state index contributed by atoms with van der Waals surface area (Å²) in [7, 11) is 0. The molecule has 4 atom stereocenters. The molecule has 35 heavy (non-hydrogen) atoms. The zero-order chi connectivity index (χ0) is 23.7. The second-order valence-electron chi connectivity index (χ2n) is 10.5. The molecule has 6 rings (SSSR count). The Morgan fingerprint density at radius 3 is 1.34 bits per heavy atom. The van der Waals surface area contributed by atoms with Crippen molar-refractivity contribution in [2.45, 2.75) is 44.7 Å². The molecule has 2 saturated carbocycles. The van der Waals surface area contributed by atoms with Gasteiger partial charge in [0.1, 0.15) is 0 Å². The van der Waals surface area contributed by atoms with Gasteiger partial charge < -0.3 is 9.80 Å². The van der Waals surface area contributed by atoms with Crippen molar-refractivity contribution in [2.75, 3.05) is 9.80 Å². The van der Waals surface area contributed by atoms with Crippen molar-refractivity contribution in [2.24, 2.45) is 11.3 Å². The quantitative estimate of drug-likeness (QED) is 0.285. The molecule has 0 radical (unpaired) electrons. The monoisotopic (exact) mass is 458 g/mol. The van der Waals surface area contributed by atoms with E-state index >= 15 is 0 Å². The predicted molar refractivity (Wildman–Crippen MR) is 148 cm³/mol. The van der Waals surface area contributed by atoms with Gasteiger partial charge in [-0.05, 0) is 85.5 Å². The molecule has 4 aromatic carbocycles. The van der Waals surface area contributed by atoms with Crippen molar-refractivity contribution in [3.05, 3.63) is 121 Å². The average Bonchev–Trinajstić information content (AvgIpc) is 2.92. The smallest absolute Gasteiger partial charge is 0.0413 e. The Hall–Kier alpha value is -3.52. The van der Waals surface area contributed by atoms with Crippen LogP contribution < -0.4 is 9.80 Å². The molecule has 0 spiro atoms. The molecular formula is C33H34N2. The Balaban J connectivity index is 1.28. The van der Waals surface area contributed by atoms with E-state index in [1.54, 1.807) is 0 Å². The molecule has 2 heteroatoms. The Kier molecular flexibility index (Phi) is 5.82. The van der Waals surface area contributed by atoms with Crippen molar-refractivity contribution < 1.29 is 0 Å². The minimum Gasteiger partial charge on any atom is -0.338 e. The summed E-state index contributed by atoms with van der Waals surface area (Å²) < 4.78 is 0. The second kappa shape index (κ2) is 9.26. The summed E-state index contributed by atoms with van der Waals surface area (Å²) in [6, 6.07) is 44.9. The number of para-hydroxylation sites is 4. The van der Waals surface area contributed by atoms with Crippen LogP contribution in [0.5, 0.6) is 0 Å². The summed E-state index contributed by atoms with van der Waals surface area (Å²) in [5, 5.41) is 0. The van der Waals surface area contributed by atoms with E-state index in [0.29, 0.717) is 17.5 Å². The average molecular weight is 459 g/mol. The highest BCUT2D eigenvalue weighted by Gasteiger charge is 2.57. The molecule has 0 bridgehead atoms. The van der Waals surface area contributed by atoms with E-state index in [9.17, 15) is 0 Å². The van der Waals surface area contributed by atoms with Crippen LogP contribution in [0.15, 0.2) is 121 Å². The van der Waals surface area contributed by atoms with Crippen molar-refractivity contribution in [3.8, 4) is 0 Å². The SMILES string of the molecule is C[C@@]12CCC(N(c3ccccc3)c3ccccc3)C[C@@H]1CC2N(c1ccccc1)c1ccccc1. The van der Waals surface area contributed by atoms with Gasteiger partial charge in [0.05, 0.1) is 0 Å². The van der Waals surface area contributed by atoms with Crippen molar-refractivity contribution in [1.82, 2.24) is 0 Å². The van der Waals surface area contributed by atoms with Gasteiger partial charge in [0.25, 0.3) is 0 Å². The molecule has 176 valence electrons. The molecule has 0 N–H and O–H groups in total. The van der Waals surface area contributed by atoms with E-state index in [2.05, 4.69) is 138 Å². The molecule has 0 aliphatic heterocycles. The number of nitrogens with zero attached hydrogens (tertiary/aromatic N) is 2. The lowest BCUT2D eigenvalue weighted by Gasteiger charge is -2.62. The predicted octanol–water partition coefficient (Wildman–Crippen LogP) is 8.61. The molecule has 2 nitrogen and oxygen atoms in total. The number of rotatable bonds is 6. The molecule has 2 aliphatic rings. The lowest BCUT2D eigenvalue weighted by Crippen LogP contribution is -2.62. The largest absolute Gasteiger partial charge is 0.338 e. The maximum atomic E-state index is 2.61. The molecule has 0 heterocycles. The minimum absolute atomic E-state index is 0.321. The molecule has 2 unspecified atom stereocenters. The zero-order valence-corrected chi connectivity index (χ0v) is 20.5. The van der Waals surface area contributed by atoms with Gasteiger partial charge in [-0.2, -0.15) is 0 Å². The molecule has 2 aliphatic carbocycles. The maximum absolute atomic E-state index is 2.61. The highest BCUT2D eigenvalue weighted by molar-refractivity contribution is 5.66. The van der Waals surface area contributed by atoms with Crippen LogP contribution in [0.3, 0.4) is 0 Å². The van der Waals surface area contributed by atoms with Crippen LogP contribution in [0.25, 0.3) is 0 Å². The number of hydrogen-bond donors (Lipinski definition) is 0. The number of benzene rings is 4. The molecule has 2 fully saturated rings. The number of hydrogen-bond acceptors (Lipinski definition) is 2. The van der Waals surface area contributed by atoms with E-state index < -0.39 is 0 Å². The fraction of sp³-hybridized carbons (Fsp3) is 0.273. The van der Waals surface area contributed by atoms with Crippen LogP contribution in [0.1, 0.15) is 32.6 Å². The first-order valence-corrected chi connectivity index (χ1v) is 13.0. The van der Waals surface area contributed by atoms with Gasteiger partial charge in [-0.25, -0.2) is 0 Å². The first-order valence-electron chi connectivity index (χ1n) is 13.0. The summed E-state index contributed by atoms with van der Waals surface area (Å²) in [5.41, 5.74) is 5.54. The first-order chi connectivity index (χ1) is 17.2. The van der Waals surface area contributed by atoms with Crippen LogP contribution in [0.4, 0.5) is 22.7 Å². The topological polar surface area (TPSA) is 6.48 Å². The number of fused-ring (bicyclic) bond motifs is 1. The standard InChI is InChI=1S/C33H34N2/c1-33-23-22-31(34(27-14-6-2-7-15-27)28-16-8-3-9-17-28)24-26(33)25-32(33)35(29-18-10-4-11-19-29)30-20-12-5-13-21-30/h2-21,26,31-32H,22-25H2,1H3/t26-,31?,32?,33-/m1/s1. The Labute approximate surface area is 209 Å². The van der Waals surface area contributed by atoms with E-state index in [1.165, 1.54) is 48.4 Å². The fourth-order valence-corrected chi connectivity index (χ4v) is 6.65. The second-order valence-corrected chi connectivity index (χ2v) is 10.5. The number of anilines is 4. The molecule has 0 saturated heterocycles. The van der Waals surface area contributed by atoms with Crippen LogP contribution >= 0.6 is 0 Å². The van der Waals surface area contributed by atoms with Crippen LogP contribution in [0, 0.1) is 11.3 Å². The summed E-state index contributed by atoms with van der Waals surface area (Å²) in [4.78, 5) is 5.21. The highest BCUT2D eigenvalue weighted by Crippen LogP contribution is 2.60. The van der Waals surface area contributed by atoms with E-state index in [1.807, 2.05) is 0 Å². The van der Waals surface area contributed by atoms with E-state index in [4.69, 9.17) is 0 Å². The zero-order valence-electron chi connectivity index (χ0n) is 20.5. The van der Waals surface area contributed by atoms with Gasteiger partial charge in [-0.3, -0.25) is 0 Å². The molecule has 0 aromatic heterocycles. The van der Waals surface area contributed by atoms with Gasteiger partial charge >= 0.3 is 0 Å². The Morgan fingerprint density at radius 2 is 0.943 bits per heavy atom. The Morgan fingerprint density at radius 1 is 0.543 bits per heavy atom. The van der Waals surface area contributed by atoms with Crippen LogP contribution in [0.2, 0.25) is 0 Å². The molecule has 0 amide bonds. The fourth-order valence-electron chi connectivity index (χ4n) is 6.65. The van der Waals surface area contributed by atoms with Crippen molar-refractivity contribution >= 4 is 22.7 Å². The van der Waals surface area contributed by atoms with Crippen molar-refractivity contribution in [3.63, 3.8) is 0 Å². The summed E-state index contributed by atoms with van der Waals surface area (Å²) in [6.07, 6.45) is 4.95. The van der Waals surface area contributed by atoms with Crippen LogP contribution in [-0.2, 0) is 0 Å². The molecule has 4 aromatic rings. The van der Waals surface area contributed by atoms with Gasteiger partial charge in [0.2, 0.25) is 0 Å². The third-order valence-corrected chi connectivity index (χ3v) is 8.59. The maximum Gasteiger partial charge on any atom is 0.0413 e. The van der Waals surface area contributed by atoms with Gasteiger partial charge in [0, 0.05) is 34.8 Å². The van der Waals surface area contributed by atoms with E-state index in [0.717, 1.165) is 5.92 Å². The summed E-state index contributed by atoms with van der Waals surface area (Å²) >= 11 is 0.